The fraction of sp³-hybridized carbons (Fsp3) is 0.733. The maximum Gasteiger partial charge on any atom is 0.241 e. The molecule has 4 atom stereocenters. The summed E-state index contributed by atoms with van der Waals surface area (Å²) in [5.74, 6) is 3.07. The van der Waals surface area contributed by atoms with E-state index in [2.05, 4.69) is 9.97 Å². The van der Waals surface area contributed by atoms with Crippen LogP contribution in [0.3, 0.4) is 0 Å². The molecule has 3 rings (SSSR count). The maximum atomic E-state index is 10.5. The molecular weight excluding hydrogens is 256 g/mol. The molecule has 1 heterocycles. The summed E-state index contributed by atoms with van der Waals surface area (Å²) < 4.78 is 10.3. The molecule has 5 nitrogen and oxygen atoms in total. The number of aliphatic hydroxyl groups excluding tert-OH is 1. The van der Waals surface area contributed by atoms with Gasteiger partial charge in [0.2, 0.25) is 11.8 Å². The third-order valence-corrected chi connectivity index (χ3v) is 4.87. The maximum absolute atomic E-state index is 10.5. The summed E-state index contributed by atoms with van der Waals surface area (Å²) in [6, 6.07) is 0. The molecule has 0 aliphatic heterocycles. The van der Waals surface area contributed by atoms with Gasteiger partial charge in [0.1, 0.15) is 11.8 Å². The third kappa shape index (κ3) is 2.46. The van der Waals surface area contributed by atoms with Gasteiger partial charge in [-0.2, -0.15) is 4.98 Å². The standard InChI is InChI=1S/C15H22N2O3/c1-19-13-8-16-14(15(17-13)20-2)12(18)7-11-6-9-3-4-10(11)5-9/h8-12,18H,3-7H2,1-2H3. The Morgan fingerprint density at radius 2 is 2.15 bits per heavy atom. The van der Waals surface area contributed by atoms with E-state index in [0.717, 1.165) is 18.3 Å². The Bertz CT molecular complexity index is 480. The molecule has 110 valence electrons. The number of rotatable bonds is 5. The fourth-order valence-electron chi connectivity index (χ4n) is 3.91. The Morgan fingerprint density at radius 1 is 1.30 bits per heavy atom. The zero-order valence-corrected chi connectivity index (χ0v) is 12.1. The van der Waals surface area contributed by atoms with Gasteiger partial charge in [-0.3, -0.25) is 0 Å². The van der Waals surface area contributed by atoms with Crippen LogP contribution < -0.4 is 9.47 Å². The molecule has 2 fully saturated rings. The minimum atomic E-state index is -0.604. The molecule has 0 amide bonds. The van der Waals surface area contributed by atoms with E-state index in [1.807, 2.05) is 0 Å². The van der Waals surface area contributed by atoms with Gasteiger partial charge in [0.25, 0.3) is 0 Å². The molecule has 1 aromatic rings. The molecule has 1 aromatic heterocycles. The predicted octanol–water partition coefficient (Wildman–Crippen LogP) is 2.35. The average molecular weight is 278 g/mol. The number of ether oxygens (including phenoxy) is 2. The molecule has 0 aromatic carbocycles. The van der Waals surface area contributed by atoms with Gasteiger partial charge in [-0.25, -0.2) is 4.98 Å². The van der Waals surface area contributed by atoms with E-state index in [4.69, 9.17) is 9.47 Å². The molecule has 2 aliphatic rings. The first-order valence-electron chi connectivity index (χ1n) is 7.34. The highest BCUT2D eigenvalue weighted by Crippen LogP contribution is 2.51. The number of hydrogen-bond acceptors (Lipinski definition) is 5. The molecule has 0 saturated heterocycles. The fourth-order valence-corrected chi connectivity index (χ4v) is 3.91. The lowest BCUT2D eigenvalue weighted by molar-refractivity contribution is 0.117. The lowest BCUT2D eigenvalue weighted by Gasteiger charge is -2.24. The predicted molar refractivity (Wildman–Crippen MR) is 73.7 cm³/mol. The van der Waals surface area contributed by atoms with E-state index >= 15 is 0 Å². The number of fused-ring (bicyclic) bond motifs is 2. The van der Waals surface area contributed by atoms with Crippen LogP contribution in [-0.2, 0) is 0 Å². The van der Waals surface area contributed by atoms with Crippen LogP contribution in [0.15, 0.2) is 6.20 Å². The number of aliphatic hydroxyl groups is 1. The highest BCUT2D eigenvalue weighted by molar-refractivity contribution is 5.24. The van der Waals surface area contributed by atoms with Crippen molar-refractivity contribution in [3.05, 3.63) is 11.9 Å². The van der Waals surface area contributed by atoms with Crippen LogP contribution in [0.25, 0.3) is 0 Å². The number of methoxy groups -OCH3 is 2. The van der Waals surface area contributed by atoms with E-state index in [0.29, 0.717) is 23.4 Å². The van der Waals surface area contributed by atoms with E-state index in [1.54, 1.807) is 0 Å². The van der Waals surface area contributed by atoms with Crippen LogP contribution in [-0.4, -0.2) is 29.3 Å². The van der Waals surface area contributed by atoms with Crippen LogP contribution in [0.5, 0.6) is 11.8 Å². The normalized spacial score (nSPS) is 29.4. The first kappa shape index (κ1) is 13.6. The summed E-state index contributed by atoms with van der Waals surface area (Å²) >= 11 is 0. The number of nitrogens with zero attached hydrogens (tertiary/aromatic N) is 2. The molecular formula is C15H22N2O3. The first-order chi connectivity index (χ1) is 9.71. The largest absolute Gasteiger partial charge is 0.480 e. The second-order valence-corrected chi connectivity index (χ2v) is 5.99. The average Bonchev–Trinajstić information content (AvgIpc) is 3.09. The summed E-state index contributed by atoms with van der Waals surface area (Å²) in [4.78, 5) is 8.45. The first-order valence-corrected chi connectivity index (χ1v) is 7.34. The summed E-state index contributed by atoms with van der Waals surface area (Å²) in [6.45, 7) is 0. The Hall–Kier alpha value is -1.36. The molecule has 2 saturated carbocycles. The van der Waals surface area contributed by atoms with E-state index < -0.39 is 6.10 Å². The molecule has 1 N–H and O–H groups in total. The zero-order valence-electron chi connectivity index (χ0n) is 12.1. The summed E-state index contributed by atoms with van der Waals surface area (Å²) in [5, 5.41) is 10.5. The molecule has 2 aliphatic carbocycles. The van der Waals surface area contributed by atoms with Crippen molar-refractivity contribution in [3.63, 3.8) is 0 Å². The van der Waals surface area contributed by atoms with E-state index in [-0.39, 0.29) is 0 Å². The van der Waals surface area contributed by atoms with Crippen LogP contribution in [0.2, 0.25) is 0 Å². The Kier molecular flexibility index (Phi) is 3.78. The van der Waals surface area contributed by atoms with Crippen molar-refractivity contribution in [3.8, 4) is 11.8 Å². The van der Waals surface area contributed by atoms with Gasteiger partial charge >= 0.3 is 0 Å². The molecule has 20 heavy (non-hydrogen) atoms. The van der Waals surface area contributed by atoms with Crippen LogP contribution in [0.4, 0.5) is 0 Å². The molecule has 0 radical (unpaired) electrons. The Labute approximate surface area is 119 Å². The minimum Gasteiger partial charge on any atom is -0.480 e. The lowest BCUT2D eigenvalue weighted by atomic mass is 9.84. The lowest BCUT2D eigenvalue weighted by Crippen LogP contribution is -2.16. The monoisotopic (exact) mass is 278 g/mol. The van der Waals surface area contributed by atoms with Gasteiger partial charge in [0.15, 0.2) is 0 Å². The van der Waals surface area contributed by atoms with Crippen molar-refractivity contribution >= 4 is 0 Å². The van der Waals surface area contributed by atoms with Gasteiger partial charge in [-0.05, 0) is 43.4 Å². The summed E-state index contributed by atoms with van der Waals surface area (Å²) in [5.41, 5.74) is 0.524. The minimum absolute atomic E-state index is 0.361. The molecule has 0 spiro atoms. The topological polar surface area (TPSA) is 64.5 Å². The van der Waals surface area contributed by atoms with Crippen molar-refractivity contribution in [2.24, 2.45) is 17.8 Å². The van der Waals surface area contributed by atoms with Crippen molar-refractivity contribution in [1.82, 2.24) is 9.97 Å². The van der Waals surface area contributed by atoms with Gasteiger partial charge in [0.05, 0.1) is 20.4 Å². The highest BCUT2D eigenvalue weighted by Gasteiger charge is 2.40. The molecule has 5 heteroatoms. The van der Waals surface area contributed by atoms with Gasteiger partial charge in [0, 0.05) is 0 Å². The van der Waals surface area contributed by atoms with E-state index in [9.17, 15) is 5.11 Å². The summed E-state index contributed by atoms with van der Waals surface area (Å²) in [6.07, 6.45) is 7.00. The Morgan fingerprint density at radius 3 is 2.75 bits per heavy atom. The number of aromatic nitrogens is 2. The van der Waals surface area contributed by atoms with Crippen molar-refractivity contribution in [2.45, 2.75) is 38.2 Å². The Balaban J connectivity index is 1.71. The van der Waals surface area contributed by atoms with Crippen molar-refractivity contribution in [2.75, 3.05) is 14.2 Å². The highest BCUT2D eigenvalue weighted by atomic mass is 16.5. The second kappa shape index (κ2) is 5.56. The SMILES string of the molecule is COc1cnc(C(O)CC2CC3CCC2C3)c(OC)n1. The quantitative estimate of drug-likeness (QED) is 0.895. The van der Waals surface area contributed by atoms with Crippen molar-refractivity contribution < 1.29 is 14.6 Å². The smallest absolute Gasteiger partial charge is 0.241 e. The van der Waals surface area contributed by atoms with Crippen molar-refractivity contribution in [1.29, 1.82) is 0 Å². The summed E-state index contributed by atoms with van der Waals surface area (Å²) in [7, 11) is 3.08. The van der Waals surface area contributed by atoms with E-state index in [1.165, 1.54) is 46.1 Å². The number of hydrogen-bond donors (Lipinski definition) is 1. The molecule has 4 unspecified atom stereocenters. The zero-order chi connectivity index (χ0) is 14.1. The van der Waals surface area contributed by atoms with Crippen LogP contribution >= 0.6 is 0 Å². The van der Waals surface area contributed by atoms with Gasteiger partial charge < -0.3 is 14.6 Å². The van der Waals surface area contributed by atoms with Crippen LogP contribution in [0.1, 0.15) is 43.9 Å². The third-order valence-electron chi connectivity index (χ3n) is 4.87. The molecule has 2 bridgehead atoms. The second-order valence-electron chi connectivity index (χ2n) is 5.99. The van der Waals surface area contributed by atoms with Gasteiger partial charge in [-0.15, -0.1) is 0 Å². The van der Waals surface area contributed by atoms with Crippen LogP contribution in [0, 0.1) is 17.8 Å². The van der Waals surface area contributed by atoms with Gasteiger partial charge in [-0.1, -0.05) is 6.42 Å².